The minimum atomic E-state index is -0.398. The van der Waals surface area contributed by atoms with Crippen LogP contribution in [0, 0.1) is 5.82 Å². The van der Waals surface area contributed by atoms with Crippen molar-refractivity contribution in [3.63, 3.8) is 0 Å². The van der Waals surface area contributed by atoms with Gasteiger partial charge in [-0.3, -0.25) is 4.79 Å². The van der Waals surface area contributed by atoms with Crippen molar-refractivity contribution in [2.45, 2.75) is 0 Å². The molecular weight excluding hydrogens is 349 g/mol. The number of fused-ring (bicyclic) bond motifs is 1. The highest BCUT2D eigenvalue weighted by Gasteiger charge is 2.14. The van der Waals surface area contributed by atoms with Gasteiger partial charge in [0.05, 0.1) is 5.69 Å². The van der Waals surface area contributed by atoms with Crippen LogP contribution in [0.3, 0.4) is 0 Å². The van der Waals surface area contributed by atoms with E-state index in [1.54, 1.807) is 48.5 Å². The number of para-hydroxylation sites is 1. The van der Waals surface area contributed by atoms with Crippen LogP contribution in [0.5, 0.6) is 11.5 Å². The zero-order chi connectivity index (χ0) is 18.6. The monoisotopic (exact) mass is 365 g/mol. The predicted octanol–water partition coefficient (Wildman–Crippen LogP) is 3.99. The third-order valence-electron chi connectivity index (χ3n) is 3.96. The van der Waals surface area contributed by atoms with Crippen molar-refractivity contribution in [1.82, 2.24) is 4.98 Å². The summed E-state index contributed by atoms with van der Waals surface area (Å²) in [5.41, 5.74) is 1.26. The van der Waals surface area contributed by atoms with Crippen LogP contribution < -0.4 is 20.1 Å². The highest BCUT2D eigenvalue weighted by atomic mass is 19.1. The van der Waals surface area contributed by atoms with Gasteiger partial charge in [0.1, 0.15) is 24.8 Å². The van der Waals surface area contributed by atoms with E-state index in [1.165, 1.54) is 12.3 Å². The number of halogens is 1. The predicted molar refractivity (Wildman–Crippen MR) is 99.3 cm³/mol. The first kappa shape index (κ1) is 16.8. The van der Waals surface area contributed by atoms with Gasteiger partial charge < -0.3 is 20.1 Å². The summed E-state index contributed by atoms with van der Waals surface area (Å²) in [5, 5.41) is 5.68. The number of amides is 1. The molecule has 3 aromatic rings. The second kappa shape index (κ2) is 7.33. The molecular formula is C20H16FN3O3. The molecule has 0 aliphatic carbocycles. The Kier molecular flexibility index (Phi) is 4.57. The fourth-order valence-electron chi connectivity index (χ4n) is 2.67. The van der Waals surface area contributed by atoms with Crippen molar-refractivity contribution >= 4 is 23.1 Å². The molecule has 0 saturated carbocycles. The van der Waals surface area contributed by atoms with Crippen molar-refractivity contribution in [2.75, 3.05) is 23.8 Å². The van der Waals surface area contributed by atoms with E-state index in [0.717, 1.165) is 0 Å². The molecule has 0 atom stereocenters. The topological polar surface area (TPSA) is 72.5 Å². The summed E-state index contributed by atoms with van der Waals surface area (Å²) in [7, 11) is 0. The van der Waals surface area contributed by atoms with E-state index in [2.05, 4.69) is 15.6 Å². The van der Waals surface area contributed by atoms with Crippen LogP contribution in [0.25, 0.3) is 0 Å². The zero-order valence-corrected chi connectivity index (χ0v) is 14.2. The Labute approximate surface area is 155 Å². The maximum Gasteiger partial charge on any atom is 0.255 e. The van der Waals surface area contributed by atoms with Gasteiger partial charge >= 0.3 is 0 Å². The number of nitrogens with zero attached hydrogens (tertiary/aromatic N) is 1. The quantitative estimate of drug-likeness (QED) is 0.731. The van der Waals surface area contributed by atoms with Gasteiger partial charge in [-0.1, -0.05) is 12.1 Å². The molecule has 0 spiro atoms. The molecule has 2 N–H and O–H groups in total. The maximum atomic E-state index is 13.8. The lowest BCUT2D eigenvalue weighted by atomic mass is 10.2. The van der Waals surface area contributed by atoms with Gasteiger partial charge in [-0.25, -0.2) is 9.37 Å². The summed E-state index contributed by atoms with van der Waals surface area (Å²) in [6.45, 7) is 0.980. The minimum absolute atomic E-state index is 0.286. The lowest BCUT2D eigenvalue weighted by molar-refractivity contribution is 0.102. The van der Waals surface area contributed by atoms with Gasteiger partial charge in [-0.2, -0.15) is 0 Å². The van der Waals surface area contributed by atoms with E-state index in [4.69, 9.17) is 9.47 Å². The van der Waals surface area contributed by atoms with Crippen LogP contribution in [0.4, 0.5) is 21.6 Å². The zero-order valence-electron chi connectivity index (χ0n) is 14.2. The average molecular weight is 365 g/mol. The number of carbonyl (C=O) groups is 1. The van der Waals surface area contributed by atoms with Crippen LogP contribution in [0.2, 0.25) is 0 Å². The molecule has 136 valence electrons. The van der Waals surface area contributed by atoms with Gasteiger partial charge in [-0.05, 0) is 36.4 Å². The Morgan fingerprint density at radius 3 is 2.67 bits per heavy atom. The van der Waals surface area contributed by atoms with E-state index in [9.17, 15) is 9.18 Å². The number of nitrogens with one attached hydrogen (secondary N) is 2. The third kappa shape index (κ3) is 3.82. The molecule has 4 rings (SSSR count). The van der Waals surface area contributed by atoms with Crippen molar-refractivity contribution in [1.29, 1.82) is 0 Å². The highest BCUT2D eigenvalue weighted by molar-refractivity contribution is 6.04. The number of rotatable bonds is 4. The number of ether oxygens (including phenoxy) is 2. The van der Waals surface area contributed by atoms with E-state index < -0.39 is 5.82 Å². The Hall–Kier alpha value is -3.61. The molecule has 0 fully saturated rings. The molecule has 27 heavy (non-hydrogen) atoms. The molecule has 7 heteroatoms. The van der Waals surface area contributed by atoms with Crippen LogP contribution in [-0.4, -0.2) is 24.1 Å². The molecule has 2 heterocycles. The Bertz CT molecular complexity index is 994. The van der Waals surface area contributed by atoms with E-state index >= 15 is 0 Å². The van der Waals surface area contributed by atoms with Crippen LogP contribution >= 0.6 is 0 Å². The molecule has 0 bridgehead atoms. The molecule has 1 aliphatic heterocycles. The molecule has 0 radical (unpaired) electrons. The summed E-state index contributed by atoms with van der Waals surface area (Å²) >= 11 is 0. The second-order valence-electron chi connectivity index (χ2n) is 5.85. The number of hydrogen-bond donors (Lipinski definition) is 2. The smallest absolute Gasteiger partial charge is 0.255 e. The van der Waals surface area contributed by atoms with Crippen molar-refractivity contribution < 1.29 is 18.7 Å². The largest absolute Gasteiger partial charge is 0.486 e. The first-order chi connectivity index (χ1) is 13.2. The van der Waals surface area contributed by atoms with Crippen LogP contribution in [-0.2, 0) is 0 Å². The van der Waals surface area contributed by atoms with Crippen LogP contribution in [0.1, 0.15) is 10.4 Å². The van der Waals surface area contributed by atoms with E-state index in [1.807, 2.05) is 0 Å². The van der Waals surface area contributed by atoms with E-state index in [-0.39, 0.29) is 11.6 Å². The number of aromatic nitrogens is 1. The normalized spacial score (nSPS) is 12.3. The number of hydrogen-bond acceptors (Lipinski definition) is 5. The lowest BCUT2D eigenvalue weighted by Gasteiger charge is -2.19. The average Bonchev–Trinajstić information content (AvgIpc) is 2.70. The molecule has 0 unspecified atom stereocenters. The molecule has 0 saturated heterocycles. The molecule has 1 amide bonds. The maximum absolute atomic E-state index is 13.8. The number of carbonyl (C=O) groups excluding carboxylic acids is 1. The summed E-state index contributed by atoms with van der Waals surface area (Å²) in [6.07, 6.45) is 1.49. The lowest BCUT2D eigenvalue weighted by Crippen LogP contribution is -2.16. The molecule has 6 nitrogen and oxygen atoms in total. The first-order valence-electron chi connectivity index (χ1n) is 8.38. The van der Waals surface area contributed by atoms with Gasteiger partial charge in [0, 0.05) is 23.5 Å². The van der Waals surface area contributed by atoms with E-state index in [0.29, 0.717) is 41.8 Å². The van der Waals surface area contributed by atoms with Crippen molar-refractivity contribution in [2.24, 2.45) is 0 Å². The van der Waals surface area contributed by atoms with Gasteiger partial charge in [0.2, 0.25) is 0 Å². The number of benzene rings is 2. The summed E-state index contributed by atoms with van der Waals surface area (Å²) in [5.74, 6) is 0.904. The first-order valence-corrected chi connectivity index (χ1v) is 8.38. The highest BCUT2D eigenvalue weighted by Crippen LogP contribution is 2.32. The molecule has 1 aliphatic rings. The van der Waals surface area contributed by atoms with Crippen molar-refractivity contribution in [3.05, 3.63) is 72.2 Å². The Morgan fingerprint density at radius 1 is 1.00 bits per heavy atom. The van der Waals surface area contributed by atoms with Crippen LogP contribution in [0.15, 0.2) is 60.8 Å². The Morgan fingerprint density at radius 2 is 1.81 bits per heavy atom. The third-order valence-corrected chi connectivity index (χ3v) is 3.96. The Balaban J connectivity index is 1.50. The minimum Gasteiger partial charge on any atom is -0.486 e. The molecule has 1 aromatic heterocycles. The molecule has 2 aromatic carbocycles. The summed E-state index contributed by atoms with van der Waals surface area (Å²) in [6, 6.07) is 14.6. The van der Waals surface area contributed by atoms with Gasteiger partial charge in [0.25, 0.3) is 5.91 Å². The summed E-state index contributed by atoms with van der Waals surface area (Å²) in [4.78, 5) is 16.7. The van der Waals surface area contributed by atoms with Crippen molar-refractivity contribution in [3.8, 4) is 11.5 Å². The second-order valence-corrected chi connectivity index (χ2v) is 5.85. The SMILES string of the molecule is O=C(Nc1ccc2c(c1)OCCO2)c1ccnc(Nc2ccccc2F)c1. The van der Waals surface area contributed by atoms with Gasteiger partial charge in [-0.15, -0.1) is 0 Å². The standard InChI is InChI=1S/C20H16FN3O3/c21-15-3-1-2-4-16(15)24-19-11-13(7-8-22-19)20(25)23-14-5-6-17-18(12-14)27-10-9-26-17/h1-8,11-12H,9-10H2,(H,22,24)(H,23,25). The number of pyridine rings is 1. The fraction of sp³-hybridized carbons (Fsp3) is 0.100. The number of anilines is 3. The van der Waals surface area contributed by atoms with Gasteiger partial charge in [0.15, 0.2) is 11.5 Å². The fourth-order valence-corrected chi connectivity index (χ4v) is 2.67. The summed E-state index contributed by atoms with van der Waals surface area (Å²) < 4.78 is 24.7.